The lowest BCUT2D eigenvalue weighted by Gasteiger charge is -2.11. The molecule has 0 bridgehead atoms. The number of ether oxygens (including phenoxy) is 1. The van der Waals surface area contributed by atoms with Crippen molar-refractivity contribution in [3.8, 4) is 5.75 Å². The van der Waals surface area contributed by atoms with Crippen molar-refractivity contribution in [2.24, 2.45) is 0 Å². The number of benzene rings is 2. The minimum Gasteiger partial charge on any atom is -0.489 e. The van der Waals surface area contributed by atoms with Crippen LogP contribution in [-0.4, -0.2) is 16.8 Å². The first kappa shape index (κ1) is 15.1. The van der Waals surface area contributed by atoms with E-state index in [1.165, 1.54) is 0 Å². The average Bonchev–Trinajstić information content (AvgIpc) is 2.48. The summed E-state index contributed by atoms with van der Waals surface area (Å²) in [5.74, 6) is 0.612. The lowest BCUT2D eigenvalue weighted by Crippen LogP contribution is -2.03. The fraction of sp³-hybridized carbons (Fsp3) is 0.200. The first-order valence-corrected chi connectivity index (χ1v) is 6.81. The summed E-state index contributed by atoms with van der Waals surface area (Å²) >= 11 is 11.8. The molecule has 106 valence electrons. The summed E-state index contributed by atoms with van der Waals surface area (Å²) in [4.78, 5) is 0. The van der Waals surface area contributed by atoms with Gasteiger partial charge in [0.2, 0.25) is 0 Å². The van der Waals surface area contributed by atoms with Gasteiger partial charge in [0.15, 0.2) is 0 Å². The average molecular weight is 313 g/mol. The number of aliphatic hydroxyl groups is 2. The molecule has 0 aliphatic rings. The molecular formula is C15H14Cl2O3. The Bertz CT molecular complexity index is 587. The third kappa shape index (κ3) is 3.87. The van der Waals surface area contributed by atoms with E-state index in [0.717, 1.165) is 5.56 Å². The summed E-state index contributed by atoms with van der Waals surface area (Å²) < 4.78 is 5.63. The molecule has 1 unspecified atom stereocenters. The lowest BCUT2D eigenvalue weighted by atomic mass is 10.1. The Morgan fingerprint density at radius 3 is 2.55 bits per heavy atom. The Hall–Kier alpha value is -1.26. The maximum atomic E-state index is 9.57. The van der Waals surface area contributed by atoms with E-state index in [2.05, 4.69) is 0 Å². The molecule has 5 heteroatoms. The molecular weight excluding hydrogens is 299 g/mol. The van der Waals surface area contributed by atoms with Gasteiger partial charge in [0.25, 0.3) is 0 Å². The summed E-state index contributed by atoms with van der Waals surface area (Å²) in [6.45, 7) is 0.0197. The molecule has 0 saturated carbocycles. The van der Waals surface area contributed by atoms with E-state index < -0.39 is 6.10 Å². The van der Waals surface area contributed by atoms with Crippen LogP contribution in [0, 0.1) is 0 Å². The zero-order valence-corrected chi connectivity index (χ0v) is 12.1. The Balaban J connectivity index is 2.05. The summed E-state index contributed by atoms with van der Waals surface area (Å²) in [5.41, 5.74) is 1.51. The lowest BCUT2D eigenvalue weighted by molar-refractivity contribution is 0.0953. The van der Waals surface area contributed by atoms with Crippen LogP contribution in [0.4, 0.5) is 0 Å². The summed E-state index contributed by atoms with van der Waals surface area (Å²) in [6, 6.07) is 12.3. The Kier molecular flexibility index (Phi) is 5.26. The molecule has 2 aromatic rings. The highest BCUT2D eigenvalue weighted by atomic mass is 35.5. The fourth-order valence-corrected chi connectivity index (χ4v) is 2.03. The number of rotatable bonds is 5. The molecule has 0 radical (unpaired) electrons. The fourth-order valence-electron chi connectivity index (χ4n) is 1.71. The molecule has 0 heterocycles. The monoisotopic (exact) mass is 312 g/mol. The van der Waals surface area contributed by atoms with E-state index in [4.69, 9.17) is 33.0 Å². The zero-order chi connectivity index (χ0) is 14.5. The minimum atomic E-state index is -0.900. The Morgan fingerprint density at radius 1 is 1.05 bits per heavy atom. The van der Waals surface area contributed by atoms with Crippen molar-refractivity contribution in [1.82, 2.24) is 0 Å². The van der Waals surface area contributed by atoms with E-state index >= 15 is 0 Å². The Morgan fingerprint density at radius 2 is 1.85 bits per heavy atom. The van der Waals surface area contributed by atoms with Gasteiger partial charge in [-0.15, -0.1) is 0 Å². The van der Waals surface area contributed by atoms with Crippen LogP contribution < -0.4 is 4.74 Å². The van der Waals surface area contributed by atoms with Crippen LogP contribution in [0.2, 0.25) is 10.0 Å². The molecule has 3 nitrogen and oxygen atoms in total. The quantitative estimate of drug-likeness (QED) is 0.887. The van der Waals surface area contributed by atoms with Crippen LogP contribution in [0.15, 0.2) is 42.5 Å². The smallest absolute Gasteiger partial charge is 0.120 e. The molecule has 0 aliphatic heterocycles. The second kappa shape index (κ2) is 6.95. The van der Waals surface area contributed by atoms with E-state index in [-0.39, 0.29) is 6.61 Å². The third-order valence-electron chi connectivity index (χ3n) is 2.81. The molecule has 20 heavy (non-hydrogen) atoms. The summed E-state index contributed by atoms with van der Waals surface area (Å²) in [5, 5.41) is 19.5. The van der Waals surface area contributed by atoms with Crippen LogP contribution in [0.5, 0.6) is 5.75 Å². The van der Waals surface area contributed by atoms with E-state index in [0.29, 0.717) is 28.0 Å². The molecule has 0 fully saturated rings. The van der Waals surface area contributed by atoms with Crippen LogP contribution in [-0.2, 0) is 6.61 Å². The third-order valence-corrected chi connectivity index (χ3v) is 3.54. The topological polar surface area (TPSA) is 49.7 Å². The zero-order valence-electron chi connectivity index (χ0n) is 10.6. The normalized spacial score (nSPS) is 12.2. The Labute approximate surface area is 127 Å². The van der Waals surface area contributed by atoms with Gasteiger partial charge in [-0.25, -0.2) is 0 Å². The van der Waals surface area contributed by atoms with Crippen molar-refractivity contribution in [2.45, 2.75) is 12.7 Å². The van der Waals surface area contributed by atoms with Gasteiger partial charge in [-0.05, 0) is 35.4 Å². The molecule has 2 N–H and O–H groups in total. The highest BCUT2D eigenvalue weighted by Crippen LogP contribution is 2.24. The van der Waals surface area contributed by atoms with Crippen molar-refractivity contribution in [1.29, 1.82) is 0 Å². The van der Waals surface area contributed by atoms with Crippen LogP contribution in [0.1, 0.15) is 17.2 Å². The van der Waals surface area contributed by atoms with Crippen LogP contribution in [0.3, 0.4) is 0 Å². The van der Waals surface area contributed by atoms with Crippen molar-refractivity contribution >= 4 is 23.2 Å². The first-order valence-electron chi connectivity index (χ1n) is 6.06. The van der Waals surface area contributed by atoms with E-state index in [1.54, 1.807) is 36.4 Å². The highest BCUT2D eigenvalue weighted by Gasteiger charge is 2.07. The second-order valence-corrected chi connectivity index (χ2v) is 5.12. The SMILES string of the molecule is OCC(O)c1cccc(OCc2ccc(Cl)c(Cl)c2)c1. The summed E-state index contributed by atoms with van der Waals surface area (Å²) in [7, 11) is 0. The van der Waals surface area contributed by atoms with E-state index in [1.807, 2.05) is 6.07 Å². The van der Waals surface area contributed by atoms with Gasteiger partial charge in [-0.3, -0.25) is 0 Å². The number of hydrogen-bond donors (Lipinski definition) is 2. The molecule has 0 aromatic heterocycles. The number of hydrogen-bond acceptors (Lipinski definition) is 3. The predicted octanol–water partition coefficient (Wildman–Crippen LogP) is 3.60. The molecule has 2 aromatic carbocycles. The van der Waals surface area contributed by atoms with Gasteiger partial charge in [-0.1, -0.05) is 41.4 Å². The van der Waals surface area contributed by atoms with Gasteiger partial charge >= 0.3 is 0 Å². The van der Waals surface area contributed by atoms with Gasteiger partial charge in [0, 0.05) is 0 Å². The molecule has 0 amide bonds. The maximum absolute atomic E-state index is 9.57. The van der Waals surface area contributed by atoms with Gasteiger partial charge in [0.1, 0.15) is 18.5 Å². The first-order chi connectivity index (χ1) is 9.60. The molecule has 0 aliphatic carbocycles. The van der Waals surface area contributed by atoms with E-state index in [9.17, 15) is 5.11 Å². The van der Waals surface area contributed by atoms with Gasteiger partial charge in [0.05, 0.1) is 16.7 Å². The number of aliphatic hydroxyl groups excluding tert-OH is 2. The number of halogens is 2. The van der Waals surface area contributed by atoms with Crippen LogP contribution >= 0.6 is 23.2 Å². The predicted molar refractivity (Wildman–Crippen MR) is 79.3 cm³/mol. The maximum Gasteiger partial charge on any atom is 0.120 e. The standard InChI is InChI=1S/C15H14Cl2O3/c16-13-5-4-10(6-14(13)17)9-20-12-3-1-2-11(7-12)15(19)8-18/h1-7,15,18-19H,8-9H2. The highest BCUT2D eigenvalue weighted by molar-refractivity contribution is 6.42. The largest absolute Gasteiger partial charge is 0.489 e. The van der Waals surface area contributed by atoms with Crippen molar-refractivity contribution < 1.29 is 14.9 Å². The molecule has 0 saturated heterocycles. The summed E-state index contributed by atoms with van der Waals surface area (Å²) in [6.07, 6.45) is -0.900. The molecule has 2 rings (SSSR count). The second-order valence-electron chi connectivity index (χ2n) is 4.31. The molecule has 0 spiro atoms. The van der Waals surface area contributed by atoms with Crippen LogP contribution in [0.25, 0.3) is 0 Å². The van der Waals surface area contributed by atoms with Crippen molar-refractivity contribution in [3.05, 3.63) is 63.6 Å². The van der Waals surface area contributed by atoms with Gasteiger partial charge in [-0.2, -0.15) is 0 Å². The minimum absolute atomic E-state index is 0.323. The van der Waals surface area contributed by atoms with Crippen molar-refractivity contribution in [2.75, 3.05) is 6.61 Å². The molecule has 1 atom stereocenters. The van der Waals surface area contributed by atoms with Gasteiger partial charge < -0.3 is 14.9 Å². The van der Waals surface area contributed by atoms with Crippen molar-refractivity contribution in [3.63, 3.8) is 0 Å².